The van der Waals surface area contributed by atoms with Gasteiger partial charge >= 0.3 is 0 Å². The van der Waals surface area contributed by atoms with Gasteiger partial charge in [0.15, 0.2) is 0 Å². The third kappa shape index (κ3) is 1.87. The quantitative estimate of drug-likeness (QED) is 0.573. The molecule has 1 aromatic carbocycles. The third-order valence-electron chi connectivity index (χ3n) is 1.51. The van der Waals surface area contributed by atoms with Crippen LogP contribution in [0.25, 0.3) is 12.2 Å². The molecule has 0 nitrogen and oxygen atoms in total. The van der Waals surface area contributed by atoms with Crippen LogP contribution in [0, 0.1) is 0 Å². The van der Waals surface area contributed by atoms with Crippen molar-refractivity contribution >= 4 is 12.2 Å². The Hall–Kier alpha value is -1.74. The van der Waals surface area contributed by atoms with E-state index in [1.165, 1.54) is 0 Å². The summed E-state index contributed by atoms with van der Waals surface area (Å²) in [6.45, 7) is 7.05. The average molecular weight is 154 g/mol. The molecule has 0 radical (unpaired) electrons. The van der Waals surface area contributed by atoms with Crippen LogP contribution in [0.3, 0.4) is 0 Å². The predicted molar refractivity (Wildman–Crippen MR) is 53.7 cm³/mol. The lowest BCUT2D eigenvalue weighted by Crippen LogP contribution is -1.76. The highest BCUT2D eigenvalue weighted by atomic mass is 13.9. The lowest BCUT2D eigenvalue weighted by Gasteiger charge is -1.96. The Kier molecular flexibility index (Phi) is 2.93. The highest BCUT2D eigenvalue weighted by Crippen LogP contribution is 2.10. The summed E-state index contributed by atoms with van der Waals surface area (Å²) in [6.07, 6.45) is 3.67. The first-order valence-corrected chi connectivity index (χ1v) is 3.69. The van der Waals surface area contributed by atoms with Gasteiger partial charge in [-0.25, -0.2) is 0 Å². The molecule has 0 saturated heterocycles. The van der Waals surface area contributed by atoms with Crippen molar-refractivity contribution in [1.29, 1.82) is 0 Å². The van der Waals surface area contributed by atoms with E-state index in [9.17, 15) is 0 Å². The van der Waals surface area contributed by atoms with Crippen molar-refractivity contribution in [2.45, 2.75) is 0 Å². The van der Waals surface area contributed by atoms with Crippen LogP contribution in [0.5, 0.6) is 0 Å². The van der Waals surface area contributed by atoms with Crippen molar-refractivity contribution in [3.63, 3.8) is 0 Å². The maximum absolute atomic E-state index is 3.53. The molecule has 0 unspecified atom stereocenters. The maximum Gasteiger partial charge on any atom is -0.0101 e. The van der Waals surface area contributed by atoms with Crippen LogP contribution in [0.1, 0.15) is 11.1 Å². The minimum absolute atomic E-state index is 1.09. The standard InChI is InChI=1S/C12H10/c1-3-7-11-9-5-6-10-12(11)8-4-2/h5-10H,1-2H2. The molecular weight excluding hydrogens is 144 g/mol. The molecule has 0 spiro atoms. The van der Waals surface area contributed by atoms with Gasteiger partial charge in [-0.1, -0.05) is 37.4 Å². The Morgan fingerprint density at radius 2 is 1.33 bits per heavy atom. The van der Waals surface area contributed by atoms with Crippen molar-refractivity contribution in [1.82, 2.24) is 0 Å². The van der Waals surface area contributed by atoms with E-state index < -0.39 is 0 Å². The summed E-state index contributed by atoms with van der Waals surface area (Å²) in [7, 11) is 0. The molecule has 0 aliphatic carbocycles. The molecule has 0 aliphatic heterocycles. The van der Waals surface area contributed by atoms with E-state index in [0.717, 1.165) is 11.1 Å². The van der Waals surface area contributed by atoms with Crippen LogP contribution >= 0.6 is 0 Å². The van der Waals surface area contributed by atoms with Gasteiger partial charge in [0.2, 0.25) is 0 Å². The smallest absolute Gasteiger partial charge is 0.0101 e. The second-order valence-electron chi connectivity index (χ2n) is 2.33. The van der Waals surface area contributed by atoms with Gasteiger partial charge < -0.3 is 0 Å². The number of benzene rings is 1. The predicted octanol–water partition coefficient (Wildman–Crippen LogP) is 3.28. The van der Waals surface area contributed by atoms with E-state index >= 15 is 0 Å². The summed E-state index contributed by atoms with van der Waals surface area (Å²) in [5, 5.41) is 0. The molecule has 0 saturated carbocycles. The second kappa shape index (κ2) is 4.20. The van der Waals surface area contributed by atoms with Crippen molar-refractivity contribution < 1.29 is 0 Å². The Morgan fingerprint density at radius 3 is 1.67 bits per heavy atom. The lowest BCUT2D eigenvalue weighted by atomic mass is 10.1. The van der Waals surface area contributed by atoms with Crippen LogP contribution < -0.4 is 0 Å². The van der Waals surface area contributed by atoms with E-state index in [2.05, 4.69) is 24.6 Å². The molecule has 0 aromatic heterocycles. The van der Waals surface area contributed by atoms with E-state index in [-0.39, 0.29) is 0 Å². The van der Waals surface area contributed by atoms with Crippen LogP contribution in [0.15, 0.2) is 48.9 Å². The third-order valence-corrected chi connectivity index (χ3v) is 1.51. The van der Waals surface area contributed by atoms with Gasteiger partial charge in [-0.15, -0.1) is 11.5 Å². The zero-order valence-electron chi connectivity index (χ0n) is 6.88. The summed E-state index contributed by atoms with van der Waals surface area (Å²) in [4.78, 5) is 0. The number of hydrogen-bond donors (Lipinski definition) is 0. The molecule has 58 valence electrons. The van der Waals surface area contributed by atoms with Gasteiger partial charge in [0.1, 0.15) is 0 Å². The second-order valence-corrected chi connectivity index (χ2v) is 2.33. The van der Waals surface area contributed by atoms with Crippen molar-refractivity contribution in [2.75, 3.05) is 0 Å². The highest BCUT2D eigenvalue weighted by molar-refractivity contribution is 5.64. The van der Waals surface area contributed by atoms with Crippen molar-refractivity contribution in [2.24, 2.45) is 0 Å². The zero-order valence-corrected chi connectivity index (χ0v) is 6.88. The minimum atomic E-state index is 1.09. The number of rotatable bonds is 2. The van der Waals surface area contributed by atoms with Gasteiger partial charge in [-0.05, 0) is 23.3 Å². The largest absolute Gasteiger partial charge is 0.128 e. The molecule has 0 amide bonds. The van der Waals surface area contributed by atoms with E-state index in [1.54, 1.807) is 0 Å². The molecule has 1 rings (SSSR count). The lowest BCUT2D eigenvalue weighted by molar-refractivity contribution is 1.62. The fraction of sp³-hybridized carbons (Fsp3) is 0. The van der Waals surface area contributed by atoms with Crippen molar-refractivity contribution in [3.05, 3.63) is 60.0 Å². The first kappa shape index (κ1) is 8.36. The molecule has 0 atom stereocenters. The van der Waals surface area contributed by atoms with Gasteiger partial charge in [-0.2, -0.15) is 0 Å². The van der Waals surface area contributed by atoms with Crippen LogP contribution in [0.2, 0.25) is 0 Å². The Morgan fingerprint density at radius 1 is 0.917 bits per heavy atom. The monoisotopic (exact) mass is 154 g/mol. The Labute approximate surface area is 72.9 Å². The molecule has 0 bridgehead atoms. The van der Waals surface area contributed by atoms with E-state index in [0.29, 0.717) is 0 Å². The molecule has 1 aromatic rings. The Balaban J connectivity index is 3.25. The average Bonchev–Trinajstić information content (AvgIpc) is 2.09. The summed E-state index contributed by atoms with van der Waals surface area (Å²) in [5.41, 5.74) is 7.65. The van der Waals surface area contributed by atoms with Gasteiger partial charge in [0.05, 0.1) is 0 Å². The SMILES string of the molecule is C=C=Cc1ccccc1C=C=C. The molecule has 0 heterocycles. The summed E-state index contributed by atoms with van der Waals surface area (Å²) in [6, 6.07) is 7.95. The molecule has 0 N–H and O–H groups in total. The minimum Gasteiger partial charge on any atom is -0.128 e. The normalized spacial score (nSPS) is 8.00. The first-order chi connectivity index (χ1) is 5.88. The van der Waals surface area contributed by atoms with Crippen LogP contribution in [-0.2, 0) is 0 Å². The molecule has 12 heavy (non-hydrogen) atoms. The molecule has 0 heteroatoms. The molecule has 0 fully saturated rings. The highest BCUT2D eigenvalue weighted by Gasteiger charge is 1.91. The Bertz CT molecular complexity index is 322. The van der Waals surface area contributed by atoms with E-state index in [1.807, 2.05) is 36.4 Å². The number of hydrogen-bond acceptors (Lipinski definition) is 0. The molecular formula is C12H10. The first-order valence-electron chi connectivity index (χ1n) is 3.69. The summed E-state index contributed by atoms with van der Waals surface area (Å²) < 4.78 is 0. The van der Waals surface area contributed by atoms with Crippen molar-refractivity contribution in [3.8, 4) is 0 Å². The van der Waals surface area contributed by atoms with Gasteiger partial charge in [0, 0.05) is 0 Å². The summed E-state index contributed by atoms with van der Waals surface area (Å²) in [5.74, 6) is 0. The topological polar surface area (TPSA) is 0 Å². The van der Waals surface area contributed by atoms with Gasteiger partial charge in [-0.3, -0.25) is 0 Å². The zero-order chi connectivity index (χ0) is 8.81. The van der Waals surface area contributed by atoms with Crippen LogP contribution in [0.4, 0.5) is 0 Å². The van der Waals surface area contributed by atoms with Crippen LogP contribution in [-0.4, -0.2) is 0 Å². The van der Waals surface area contributed by atoms with E-state index in [4.69, 9.17) is 0 Å². The molecule has 0 aliphatic rings. The fourth-order valence-corrected chi connectivity index (χ4v) is 0.994. The van der Waals surface area contributed by atoms with Gasteiger partial charge in [0.25, 0.3) is 0 Å². The summed E-state index contributed by atoms with van der Waals surface area (Å²) >= 11 is 0. The fourth-order valence-electron chi connectivity index (χ4n) is 0.994. The maximum atomic E-state index is 3.53.